The van der Waals surface area contributed by atoms with Crippen molar-refractivity contribution < 1.29 is 14.7 Å². The first-order chi connectivity index (χ1) is 11.0. The molecule has 0 aliphatic carbocycles. The van der Waals surface area contributed by atoms with E-state index in [9.17, 15) is 9.59 Å². The van der Waals surface area contributed by atoms with Crippen LogP contribution in [0, 0.1) is 6.92 Å². The molecule has 2 rings (SSSR count). The maximum absolute atomic E-state index is 12.4. The molecule has 23 heavy (non-hydrogen) atoms. The largest absolute Gasteiger partial charge is 0.481 e. The summed E-state index contributed by atoms with van der Waals surface area (Å²) in [6, 6.07) is 7.98. The average molecular weight is 349 g/mol. The number of benzene rings is 1. The lowest BCUT2D eigenvalue weighted by atomic mass is 10.1. The molecule has 0 unspecified atom stereocenters. The number of carboxylic acids is 1. The topological polar surface area (TPSA) is 57.6 Å². The van der Waals surface area contributed by atoms with E-state index in [0.29, 0.717) is 22.2 Å². The summed E-state index contributed by atoms with van der Waals surface area (Å²) in [5.74, 6) is -0.838. The van der Waals surface area contributed by atoms with Crippen molar-refractivity contribution in [2.75, 3.05) is 6.54 Å². The Morgan fingerprint density at radius 2 is 1.96 bits per heavy atom. The van der Waals surface area contributed by atoms with Crippen molar-refractivity contribution in [2.24, 2.45) is 0 Å². The van der Waals surface area contributed by atoms with Crippen LogP contribution in [0.15, 0.2) is 29.2 Å². The second kappa shape index (κ2) is 8.26. The van der Waals surface area contributed by atoms with Crippen molar-refractivity contribution in [1.29, 1.82) is 0 Å². The Balaban J connectivity index is 1.91. The number of carboxylic acid groups (broad SMARTS) is 1. The molecule has 1 aliphatic rings. The van der Waals surface area contributed by atoms with Gasteiger partial charge in [0.1, 0.15) is 4.32 Å². The fraction of sp³-hybridized carbons (Fsp3) is 0.353. The summed E-state index contributed by atoms with van der Waals surface area (Å²) >= 11 is 6.61. The van der Waals surface area contributed by atoms with E-state index in [1.54, 1.807) is 4.90 Å². The first-order valence-corrected chi connectivity index (χ1v) is 8.73. The van der Waals surface area contributed by atoms with Crippen molar-refractivity contribution in [1.82, 2.24) is 4.90 Å². The Labute approximate surface area is 145 Å². The molecule has 1 fully saturated rings. The van der Waals surface area contributed by atoms with Gasteiger partial charge < -0.3 is 5.11 Å². The third kappa shape index (κ3) is 5.18. The molecule has 122 valence electrons. The van der Waals surface area contributed by atoms with Crippen molar-refractivity contribution in [3.8, 4) is 0 Å². The number of thioether (sulfide) groups is 1. The van der Waals surface area contributed by atoms with Gasteiger partial charge in [-0.3, -0.25) is 14.5 Å². The number of aliphatic carboxylic acids is 1. The smallest absolute Gasteiger partial charge is 0.303 e. The quantitative estimate of drug-likeness (QED) is 0.460. The highest BCUT2D eigenvalue weighted by Crippen LogP contribution is 2.32. The maximum atomic E-state index is 12.4. The van der Waals surface area contributed by atoms with Crippen LogP contribution in [0.4, 0.5) is 0 Å². The maximum Gasteiger partial charge on any atom is 0.303 e. The van der Waals surface area contributed by atoms with Gasteiger partial charge in [0.25, 0.3) is 5.91 Å². The standard InChI is InChI=1S/C17H19NO3S2/c1-12-6-8-13(9-7-12)11-14-16(21)18(17(22)23-14)10-4-2-3-5-15(19)20/h6-9,11H,2-5,10H2,1H3,(H,19,20)/b14-11-. The number of aryl methyl sites for hydroxylation is 1. The molecule has 4 nitrogen and oxygen atoms in total. The van der Waals surface area contributed by atoms with Gasteiger partial charge in [0.2, 0.25) is 0 Å². The zero-order valence-electron chi connectivity index (χ0n) is 12.9. The van der Waals surface area contributed by atoms with E-state index in [0.717, 1.165) is 18.4 Å². The highest BCUT2D eigenvalue weighted by Gasteiger charge is 2.31. The van der Waals surface area contributed by atoms with Crippen LogP contribution >= 0.6 is 24.0 Å². The lowest BCUT2D eigenvalue weighted by Gasteiger charge is -2.13. The average Bonchev–Trinajstić information content (AvgIpc) is 2.76. The van der Waals surface area contributed by atoms with Crippen LogP contribution in [0.2, 0.25) is 0 Å². The van der Waals surface area contributed by atoms with Gasteiger partial charge >= 0.3 is 5.97 Å². The van der Waals surface area contributed by atoms with Crippen LogP contribution in [0.25, 0.3) is 6.08 Å². The van der Waals surface area contributed by atoms with Crippen LogP contribution in [-0.2, 0) is 9.59 Å². The van der Waals surface area contributed by atoms with Crippen LogP contribution < -0.4 is 0 Å². The Kier molecular flexibility index (Phi) is 6.36. The van der Waals surface area contributed by atoms with Gasteiger partial charge in [-0.1, -0.05) is 60.2 Å². The number of hydrogen-bond donors (Lipinski definition) is 1. The first-order valence-electron chi connectivity index (χ1n) is 7.51. The molecule has 1 N–H and O–H groups in total. The summed E-state index contributed by atoms with van der Waals surface area (Å²) in [6.07, 6.45) is 4.20. The van der Waals surface area contributed by atoms with Crippen molar-refractivity contribution >= 4 is 46.3 Å². The third-order valence-corrected chi connectivity index (χ3v) is 4.90. The van der Waals surface area contributed by atoms with Gasteiger partial charge in [0.05, 0.1) is 4.91 Å². The molecular formula is C17H19NO3S2. The fourth-order valence-corrected chi connectivity index (χ4v) is 3.54. The van der Waals surface area contributed by atoms with Crippen molar-refractivity contribution in [2.45, 2.75) is 32.6 Å². The summed E-state index contributed by atoms with van der Waals surface area (Å²) in [5.41, 5.74) is 2.16. The molecule has 6 heteroatoms. The Morgan fingerprint density at radius 1 is 1.26 bits per heavy atom. The highest BCUT2D eigenvalue weighted by molar-refractivity contribution is 8.26. The molecule has 0 spiro atoms. The molecule has 0 saturated carbocycles. The number of carbonyl (C=O) groups is 2. The third-order valence-electron chi connectivity index (χ3n) is 3.52. The minimum atomic E-state index is -0.781. The van der Waals surface area contributed by atoms with E-state index in [1.807, 2.05) is 37.3 Å². The molecule has 1 aromatic rings. The van der Waals surface area contributed by atoms with Gasteiger partial charge in [-0.2, -0.15) is 0 Å². The zero-order chi connectivity index (χ0) is 16.8. The van der Waals surface area contributed by atoms with E-state index >= 15 is 0 Å². The highest BCUT2D eigenvalue weighted by atomic mass is 32.2. The molecule has 0 aromatic heterocycles. The number of hydrogen-bond acceptors (Lipinski definition) is 4. The summed E-state index contributed by atoms with van der Waals surface area (Å²) in [7, 11) is 0. The van der Waals surface area contributed by atoms with Gasteiger partial charge in [-0.25, -0.2) is 0 Å². The van der Waals surface area contributed by atoms with Gasteiger partial charge in [0, 0.05) is 13.0 Å². The van der Waals surface area contributed by atoms with Crippen LogP contribution in [0.5, 0.6) is 0 Å². The molecule has 1 aliphatic heterocycles. The number of rotatable bonds is 7. The monoisotopic (exact) mass is 349 g/mol. The van der Waals surface area contributed by atoms with Gasteiger partial charge in [0.15, 0.2) is 0 Å². The summed E-state index contributed by atoms with van der Waals surface area (Å²) < 4.78 is 0.576. The Bertz CT molecular complexity index is 638. The lowest BCUT2D eigenvalue weighted by Crippen LogP contribution is -2.29. The summed E-state index contributed by atoms with van der Waals surface area (Å²) in [5, 5.41) is 8.60. The Hall–Kier alpha value is -1.66. The van der Waals surface area contributed by atoms with E-state index in [4.69, 9.17) is 17.3 Å². The van der Waals surface area contributed by atoms with E-state index in [2.05, 4.69) is 0 Å². The number of thiocarbonyl (C=S) groups is 1. The van der Waals surface area contributed by atoms with E-state index in [-0.39, 0.29) is 12.3 Å². The molecule has 1 amide bonds. The van der Waals surface area contributed by atoms with E-state index in [1.165, 1.54) is 17.3 Å². The second-order valence-electron chi connectivity index (χ2n) is 5.45. The summed E-state index contributed by atoms with van der Waals surface area (Å²) in [4.78, 5) is 25.1. The molecule has 1 saturated heterocycles. The Morgan fingerprint density at radius 3 is 2.61 bits per heavy atom. The molecule has 1 heterocycles. The van der Waals surface area contributed by atoms with Crippen molar-refractivity contribution in [3.63, 3.8) is 0 Å². The molecule has 1 aromatic carbocycles. The van der Waals surface area contributed by atoms with Crippen LogP contribution in [-0.4, -0.2) is 32.7 Å². The first kappa shape index (κ1) is 17.7. The van der Waals surface area contributed by atoms with Crippen LogP contribution in [0.3, 0.4) is 0 Å². The predicted octanol–water partition coefficient (Wildman–Crippen LogP) is 3.84. The minimum Gasteiger partial charge on any atom is -0.481 e. The zero-order valence-corrected chi connectivity index (χ0v) is 14.6. The van der Waals surface area contributed by atoms with Crippen LogP contribution in [0.1, 0.15) is 36.8 Å². The van der Waals surface area contributed by atoms with Gasteiger partial charge in [-0.15, -0.1) is 0 Å². The second-order valence-corrected chi connectivity index (χ2v) is 7.12. The SMILES string of the molecule is Cc1ccc(/C=C2\SC(=S)N(CCCCCC(=O)O)C2=O)cc1. The molecule has 0 atom stereocenters. The predicted molar refractivity (Wildman–Crippen MR) is 97.2 cm³/mol. The van der Waals surface area contributed by atoms with Crippen molar-refractivity contribution in [3.05, 3.63) is 40.3 Å². The normalized spacial score (nSPS) is 16.4. The molecule has 0 bridgehead atoms. The molecule has 0 radical (unpaired) electrons. The number of unbranched alkanes of at least 4 members (excludes halogenated alkanes) is 2. The summed E-state index contributed by atoms with van der Waals surface area (Å²) in [6.45, 7) is 2.57. The molecular weight excluding hydrogens is 330 g/mol. The van der Waals surface area contributed by atoms with Gasteiger partial charge in [-0.05, 0) is 31.4 Å². The number of amides is 1. The number of nitrogens with zero attached hydrogens (tertiary/aromatic N) is 1. The number of carbonyl (C=O) groups excluding carboxylic acids is 1. The van der Waals surface area contributed by atoms with E-state index < -0.39 is 5.97 Å². The minimum absolute atomic E-state index is 0.0567. The fourth-order valence-electron chi connectivity index (χ4n) is 2.23. The lowest BCUT2D eigenvalue weighted by molar-refractivity contribution is -0.137.